The Kier molecular flexibility index (Phi) is 6.67. The van der Waals surface area contributed by atoms with Crippen LogP contribution < -0.4 is 5.32 Å². The van der Waals surface area contributed by atoms with Gasteiger partial charge in [0.05, 0.1) is 5.02 Å². The number of carbonyl (C=O) groups excluding carboxylic acids is 1. The fourth-order valence-corrected chi connectivity index (χ4v) is 3.52. The fraction of sp³-hybridized carbons (Fsp3) is 0.273. The van der Waals surface area contributed by atoms with Crippen LogP contribution in [-0.2, 0) is 11.2 Å². The summed E-state index contributed by atoms with van der Waals surface area (Å²) in [6.07, 6.45) is 4.19. The second-order valence-corrected chi connectivity index (χ2v) is 7.28. The molecule has 28 heavy (non-hydrogen) atoms. The van der Waals surface area contributed by atoms with Crippen molar-refractivity contribution in [2.24, 2.45) is 5.92 Å². The van der Waals surface area contributed by atoms with Crippen molar-refractivity contribution in [2.45, 2.75) is 19.3 Å². The number of nitrogens with zero attached hydrogens (tertiary/aromatic N) is 2. The van der Waals surface area contributed by atoms with Gasteiger partial charge in [0.1, 0.15) is 17.5 Å². The van der Waals surface area contributed by atoms with Gasteiger partial charge in [0.2, 0.25) is 0 Å². The number of halogens is 2. The minimum atomic E-state index is -0.522. The average Bonchev–Trinajstić information content (AvgIpc) is 2.72. The van der Waals surface area contributed by atoms with Gasteiger partial charge in [-0.25, -0.2) is 4.39 Å². The summed E-state index contributed by atoms with van der Waals surface area (Å²) in [6, 6.07) is 16.4. The molecule has 1 amide bonds. The van der Waals surface area contributed by atoms with Crippen LogP contribution in [0, 0.1) is 23.1 Å². The third-order valence-corrected chi connectivity index (χ3v) is 5.21. The van der Waals surface area contributed by atoms with Crippen molar-refractivity contribution >= 4 is 23.2 Å². The van der Waals surface area contributed by atoms with Crippen molar-refractivity contribution < 1.29 is 9.18 Å². The Morgan fingerprint density at radius 2 is 1.96 bits per heavy atom. The lowest BCUT2D eigenvalue weighted by Gasteiger charge is -2.32. The lowest BCUT2D eigenvalue weighted by Crippen LogP contribution is -2.39. The van der Waals surface area contributed by atoms with E-state index in [9.17, 15) is 14.4 Å². The summed E-state index contributed by atoms with van der Waals surface area (Å²) in [6.45, 7) is 1.27. The fourth-order valence-electron chi connectivity index (χ4n) is 3.34. The molecule has 0 atom stereocenters. The Balaban J connectivity index is 1.56. The predicted octanol–water partition coefficient (Wildman–Crippen LogP) is 4.78. The first-order valence-electron chi connectivity index (χ1n) is 9.22. The normalized spacial score (nSPS) is 15.2. The lowest BCUT2D eigenvalue weighted by molar-refractivity contribution is -0.128. The Bertz CT molecular complexity index is 900. The second kappa shape index (κ2) is 9.38. The molecule has 0 bridgehead atoms. The van der Waals surface area contributed by atoms with Crippen molar-refractivity contribution in [3.05, 3.63) is 76.7 Å². The van der Waals surface area contributed by atoms with Gasteiger partial charge in [-0.3, -0.25) is 4.79 Å². The summed E-state index contributed by atoms with van der Waals surface area (Å²) >= 11 is 5.74. The van der Waals surface area contributed by atoms with Crippen LogP contribution in [0.3, 0.4) is 0 Å². The number of piperidine rings is 1. The van der Waals surface area contributed by atoms with E-state index in [1.807, 2.05) is 24.3 Å². The predicted molar refractivity (Wildman–Crippen MR) is 108 cm³/mol. The highest BCUT2D eigenvalue weighted by Crippen LogP contribution is 2.23. The molecule has 0 aromatic heterocycles. The van der Waals surface area contributed by atoms with Crippen molar-refractivity contribution in [3.8, 4) is 6.07 Å². The molecule has 0 unspecified atom stereocenters. The molecule has 1 aliphatic heterocycles. The van der Waals surface area contributed by atoms with Gasteiger partial charge in [0, 0.05) is 25.0 Å². The van der Waals surface area contributed by atoms with E-state index >= 15 is 0 Å². The molecule has 0 saturated carbocycles. The highest BCUT2D eigenvalue weighted by molar-refractivity contribution is 6.31. The van der Waals surface area contributed by atoms with E-state index < -0.39 is 5.82 Å². The Morgan fingerprint density at radius 3 is 2.61 bits per heavy atom. The first-order chi connectivity index (χ1) is 13.6. The Labute approximate surface area is 169 Å². The van der Waals surface area contributed by atoms with Gasteiger partial charge in [-0.15, -0.1) is 0 Å². The molecule has 144 valence electrons. The highest BCUT2D eigenvalue weighted by atomic mass is 35.5. The molecule has 3 rings (SSSR count). The minimum Gasteiger partial charge on any atom is -0.360 e. The van der Waals surface area contributed by atoms with Crippen LogP contribution in [0.4, 0.5) is 10.1 Å². The summed E-state index contributed by atoms with van der Waals surface area (Å²) in [5, 5.41) is 12.2. The Morgan fingerprint density at radius 1 is 1.25 bits per heavy atom. The van der Waals surface area contributed by atoms with Crippen LogP contribution in [0.5, 0.6) is 0 Å². The Hall–Kier alpha value is -2.84. The van der Waals surface area contributed by atoms with Crippen LogP contribution in [0.2, 0.25) is 5.02 Å². The third-order valence-electron chi connectivity index (χ3n) is 4.92. The van der Waals surface area contributed by atoms with Crippen LogP contribution in [0.15, 0.2) is 60.3 Å². The van der Waals surface area contributed by atoms with E-state index in [0.717, 1.165) is 19.3 Å². The standard InChI is InChI=1S/C22H21ClFN3O/c23-20-13-19(6-7-21(20)24)26-15-18(14-25)22(28)27-10-8-17(9-11-27)12-16-4-2-1-3-5-16/h1-7,13,15,17,26H,8-12H2/b18-15-. The van der Waals surface area contributed by atoms with E-state index in [4.69, 9.17) is 11.6 Å². The number of hydrogen-bond donors (Lipinski definition) is 1. The number of nitriles is 1. The smallest absolute Gasteiger partial charge is 0.266 e. The highest BCUT2D eigenvalue weighted by Gasteiger charge is 2.25. The molecule has 2 aromatic carbocycles. The molecule has 0 aliphatic carbocycles. The van der Waals surface area contributed by atoms with Gasteiger partial charge >= 0.3 is 0 Å². The number of nitrogens with one attached hydrogen (secondary N) is 1. The van der Waals surface area contributed by atoms with Gasteiger partial charge in [0.15, 0.2) is 0 Å². The molecule has 1 N–H and O–H groups in total. The zero-order valence-corrected chi connectivity index (χ0v) is 16.1. The summed E-state index contributed by atoms with van der Waals surface area (Å²) in [7, 11) is 0. The quantitative estimate of drug-likeness (QED) is 0.583. The zero-order chi connectivity index (χ0) is 19.9. The zero-order valence-electron chi connectivity index (χ0n) is 15.4. The number of amides is 1. The average molecular weight is 398 g/mol. The number of hydrogen-bond acceptors (Lipinski definition) is 3. The molecule has 4 nitrogen and oxygen atoms in total. The number of carbonyl (C=O) groups is 1. The van der Waals surface area contributed by atoms with E-state index in [1.54, 1.807) is 4.90 Å². The lowest BCUT2D eigenvalue weighted by atomic mass is 9.90. The summed E-state index contributed by atoms with van der Waals surface area (Å²) in [5.74, 6) is -0.270. The summed E-state index contributed by atoms with van der Waals surface area (Å²) in [4.78, 5) is 14.4. The third kappa shape index (κ3) is 5.11. The first kappa shape index (κ1) is 19.9. The summed E-state index contributed by atoms with van der Waals surface area (Å²) in [5.41, 5.74) is 1.84. The maximum atomic E-state index is 13.2. The molecule has 1 heterocycles. The van der Waals surface area contributed by atoms with Gasteiger partial charge in [-0.2, -0.15) is 5.26 Å². The molecule has 1 fully saturated rings. The van der Waals surface area contributed by atoms with Crippen LogP contribution in [0.1, 0.15) is 18.4 Å². The number of anilines is 1. The first-order valence-corrected chi connectivity index (χ1v) is 9.59. The molecule has 0 spiro atoms. The number of likely N-dealkylation sites (tertiary alicyclic amines) is 1. The van der Waals surface area contributed by atoms with Crippen molar-refractivity contribution in [1.29, 1.82) is 5.26 Å². The number of rotatable bonds is 5. The SMILES string of the molecule is N#C/C(=C/Nc1ccc(F)c(Cl)c1)C(=O)N1CCC(Cc2ccccc2)CC1. The van der Waals surface area contributed by atoms with Crippen LogP contribution in [-0.4, -0.2) is 23.9 Å². The number of benzene rings is 2. The summed E-state index contributed by atoms with van der Waals surface area (Å²) < 4.78 is 13.2. The van der Waals surface area contributed by atoms with Gasteiger partial charge in [-0.05, 0) is 48.9 Å². The minimum absolute atomic E-state index is 0.0157. The van der Waals surface area contributed by atoms with E-state index in [0.29, 0.717) is 24.7 Å². The van der Waals surface area contributed by atoms with Crippen molar-refractivity contribution in [2.75, 3.05) is 18.4 Å². The van der Waals surface area contributed by atoms with E-state index in [2.05, 4.69) is 17.4 Å². The molecular formula is C22H21ClFN3O. The molecule has 1 saturated heterocycles. The van der Waals surface area contributed by atoms with Gasteiger partial charge < -0.3 is 10.2 Å². The molecule has 1 aliphatic rings. The molecule has 2 aromatic rings. The van der Waals surface area contributed by atoms with Gasteiger partial charge in [-0.1, -0.05) is 41.9 Å². The van der Waals surface area contributed by atoms with Crippen LogP contribution >= 0.6 is 11.6 Å². The molecule has 0 radical (unpaired) electrons. The van der Waals surface area contributed by atoms with Crippen molar-refractivity contribution in [3.63, 3.8) is 0 Å². The molecule has 6 heteroatoms. The topological polar surface area (TPSA) is 56.1 Å². The van der Waals surface area contributed by atoms with Crippen molar-refractivity contribution in [1.82, 2.24) is 4.90 Å². The maximum Gasteiger partial charge on any atom is 0.266 e. The maximum absolute atomic E-state index is 13.2. The monoisotopic (exact) mass is 397 g/mol. The molecular weight excluding hydrogens is 377 g/mol. The van der Waals surface area contributed by atoms with E-state index in [-0.39, 0.29) is 16.5 Å². The van der Waals surface area contributed by atoms with Gasteiger partial charge in [0.25, 0.3) is 5.91 Å². The second-order valence-electron chi connectivity index (χ2n) is 6.87. The largest absolute Gasteiger partial charge is 0.360 e. The van der Waals surface area contributed by atoms with Crippen LogP contribution in [0.25, 0.3) is 0 Å². The van der Waals surface area contributed by atoms with E-state index in [1.165, 1.54) is 30.0 Å².